The van der Waals surface area contributed by atoms with E-state index < -0.39 is 0 Å². The molecular weight excluding hydrogens is 205 g/mol. The average molecular weight is 219 g/mol. The van der Waals surface area contributed by atoms with Gasteiger partial charge < -0.3 is 9.73 Å². The summed E-state index contributed by atoms with van der Waals surface area (Å²) in [6, 6.07) is 8.67. The molecule has 0 bridgehead atoms. The molecule has 0 aliphatic rings. The number of rotatable bonds is 4. The molecule has 1 heterocycles. The van der Waals surface area contributed by atoms with Crippen LogP contribution < -0.4 is 5.32 Å². The van der Waals surface area contributed by atoms with Crippen molar-refractivity contribution in [3.63, 3.8) is 0 Å². The molecule has 16 heavy (non-hydrogen) atoms. The van der Waals surface area contributed by atoms with Crippen molar-refractivity contribution in [2.75, 3.05) is 0 Å². The minimum Gasteiger partial charge on any atom is -0.472 e. The number of halogens is 1. The predicted molar refractivity (Wildman–Crippen MR) is 60.4 cm³/mol. The van der Waals surface area contributed by atoms with Gasteiger partial charge in [0, 0.05) is 18.2 Å². The Bertz CT molecular complexity index is 422. The molecule has 84 valence electrons. The van der Waals surface area contributed by atoms with Gasteiger partial charge in [0.05, 0.1) is 12.5 Å². The van der Waals surface area contributed by atoms with Gasteiger partial charge in [0.15, 0.2) is 0 Å². The first kappa shape index (κ1) is 10.9. The van der Waals surface area contributed by atoms with Crippen LogP contribution in [0.3, 0.4) is 0 Å². The Hall–Kier alpha value is -1.61. The molecule has 3 heteroatoms. The molecule has 2 nitrogen and oxygen atoms in total. The Morgan fingerprint density at radius 3 is 2.62 bits per heavy atom. The smallest absolute Gasteiger partial charge is 0.123 e. The molecule has 0 aliphatic carbocycles. The first-order valence-corrected chi connectivity index (χ1v) is 5.25. The minimum absolute atomic E-state index is 0.202. The first-order valence-electron chi connectivity index (χ1n) is 5.25. The van der Waals surface area contributed by atoms with Gasteiger partial charge in [-0.15, -0.1) is 0 Å². The summed E-state index contributed by atoms with van der Waals surface area (Å²) >= 11 is 0. The fraction of sp³-hybridized carbons (Fsp3) is 0.231. The van der Waals surface area contributed by atoms with E-state index in [1.807, 2.05) is 6.07 Å². The van der Waals surface area contributed by atoms with Crippen molar-refractivity contribution in [2.24, 2.45) is 0 Å². The highest BCUT2D eigenvalue weighted by molar-refractivity contribution is 5.17. The lowest BCUT2D eigenvalue weighted by Gasteiger charge is -2.11. The molecule has 0 fully saturated rings. The molecule has 0 saturated carbocycles. The van der Waals surface area contributed by atoms with Gasteiger partial charge in [0.25, 0.3) is 0 Å². The Kier molecular flexibility index (Phi) is 3.37. The molecule has 1 aromatic carbocycles. The van der Waals surface area contributed by atoms with E-state index in [2.05, 4.69) is 12.2 Å². The van der Waals surface area contributed by atoms with Crippen LogP contribution in [0.25, 0.3) is 0 Å². The quantitative estimate of drug-likeness (QED) is 0.853. The van der Waals surface area contributed by atoms with Crippen LogP contribution in [0.2, 0.25) is 0 Å². The second-order valence-electron chi connectivity index (χ2n) is 3.79. The maximum Gasteiger partial charge on any atom is 0.123 e. The van der Waals surface area contributed by atoms with E-state index in [-0.39, 0.29) is 11.9 Å². The normalized spacial score (nSPS) is 12.6. The minimum atomic E-state index is -0.202. The first-order chi connectivity index (χ1) is 7.75. The Labute approximate surface area is 94.1 Å². The SMILES string of the molecule is CC(NCc1ccc(F)cc1)c1ccoc1. The molecule has 2 rings (SSSR count). The fourth-order valence-electron chi connectivity index (χ4n) is 1.51. The van der Waals surface area contributed by atoms with E-state index in [1.54, 1.807) is 24.7 Å². The fourth-order valence-corrected chi connectivity index (χ4v) is 1.51. The van der Waals surface area contributed by atoms with Gasteiger partial charge in [-0.2, -0.15) is 0 Å². The summed E-state index contributed by atoms with van der Waals surface area (Å²) < 4.78 is 17.7. The molecule has 1 N–H and O–H groups in total. The van der Waals surface area contributed by atoms with Crippen molar-refractivity contribution in [3.8, 4) is 0 Å². The highest BCUT2D eigenvalue weighted by atomic mass is 19.1. The van der Waals surface area contributed by atoms with Crippen LogP contribution in [0.5, 0.6) is 0 Å². The summed E-state index contributed by atoms with van der Waals surface area (Å²) in [5.74, 6) is -0.202. The highest BCUT2D eigenvalue weighted by Crippen LogP contribution is 2.13. The van der Waals surface area contributed by atoms with Crippen LogP contribution in [0.1, 0.15) is 24.1 Å². The van der Waals surface area contributed by atoms with Gasteiger partial charge in [0.1, 0.15) is 5.82 Å². The van der Waals surface area contributed by atoms with Gasteiger partial charge >= 0.3 is 0 Å². The lowest BCUT2D eigenvalue weighted by atomic mass is 10.1. The average Bonchev–Trinajstić information content (AvgIpc) is 2.81. The zero-order valence-corrected chi connectivity index (χ0v) is 9.11. The number of hydrogen-bond acceptors (Lipinski definition) is 2. The third kappa shape index (κ3) is 2.70. The van der Waals surface area contributed by atoms with Crippen molar-refractivity contribution in [1.82, 2.24) is 5.32 Å². The zero-order valence-electron chi connectivity index (χ0n) is 9.11. The monoisotopic (exact) mass is 219 g/mol. The van der Waals surface area contributed by atoms with Crippen LogP contribution in [0, 0.1) is 5.82 Å². The van der Waals surface area contributed by atoms with Gasteiger partial charge in [-0.3, -0.25) is 0 Å². The molecule has 0 spiro atoms. The summed E-state index contributed by atoms with van der Waals surface area (Å²) in [5.41, 5.74) is 2.18. The van der Waals surface area contributed by atoms with Crippen molar-refractivity contribution in [3.05, 3.63) is 59.8 Å². The Morgan fingerprint density at radius 2 is 2.00 bits per heavy atom. The molecular formula is C13H14FNO. The van der Waals surface area contributed by atoms with Crippen molar-refractivity contribution in [1.29, 1.82) is 0 Å². The van der Waals surface area contributed by atoms with Crippen molar-refractivity contribution in [2.45, 2.75) is 19.5 Å². The summed E-state index contributed by atoms with van der Waals surface area (Å²) in [7, 11) is 0. The predicted octanol–water partition coefficient (Wildman–Crippen LogP) is 3.27. The topological polar surface area (TPSA) is 25.2 Å². The summed E-state index contributed by atoms with van der Waals surface area (Å²) in [4.78, 5) is 0. The number of benzene rings is 1. The largest absolute Gasteiger partial charge is 0.472 e. The van der Waals surface area contributed by atoms with Gasteiger partial charge in [-0.1, -0.05) is 12.1 Å². The van der Waals surface area contributed by atoms with E-state index in [0.717, 1.165) is 11.1 Å². The van der Waals surface area contributed by atoms with Gasteiger partial charge in [0.2, 0.25) is 0 Å². The zero-order chi connectivity index (χ0) is 11.4. The summed E-state index contributed by atoms with van der Waals surface area (Å²) in [5, 5.41) is 3.34. The molecule has 0 saturated heterocycles. The number of furan rings is 1. The van der Waals surface area contributed by atoms with E-state index in [0.29, 0.717) is 6.54 Å². The standard InChI is InChI=1S/C13H14FNO/c1-10(12-6-7-16-9-12)15-8-11-2-4-13(14)5-3-11/h2-7,9-10,15H,8H2,1H3. The van der Waals surface area contributed by atoms with E-state index in [1.165, 1.54) is 12.1 Å². The second kappa shape index (κ2) is 4.94. The van der Waals surface area contributed by atoms with Crippen LogP contribution >= 0.6 is 0 Å². The van der Waals surface area contributed by atoms with E-state index >= 15 is 0 Å². The Balaban J connectivity index is 1.90. The van der Waals surface area contributed by atoms with E-state index in [4.69, 9.17) is 4.42 Å². The molecule has 0 amide bonds. The second-order valence-corrected chi connectivity index (χ2v) is 3.79. The van der Waals surface area contributed by atoms with Gasteiger partial charge in [-0.05, 0) is 30.7 Å². The van der Waals surface area contributed by atoms with Crippen LogP contribution in [-0.4, -0.2) is 0 Å². The molecule has 0 radical (unpaired) electrons. The molecule has 0 aliphatic heterocycles. The lowest BCUT2D eigenvalue weighted by molar-refractivity contribution is 0.538. The number of hydrogen-bond donors (Lipinski definition) is 1. The van der Waals surface area contributed by atoms with Crippen LogP contribution in [-0.2, 0) is 6.54 Å². The Morgan fingerprint density at radius 1 is 1.25 bits per heavy atom. The van der Waals surface area contributed by atoms with Crippen molar-refractivity contribution < 1.29 is 8.81 Å². The molecule has 1 unspecified atom stereocenters. The summed E-state index contributed by atoms with van der Waals surface area (Å²) in [6.45, 7) is 2.78. The van der Waals surface area contributed by atoms with Crippen LogP contribution in [0.15, 0.2) is 47.3 Å². The molecule has 1 aromatic heterocycles. The summed E-state index contributed by atoms with van der Waals surface area (Å²) in [6.07, 6.45) is 3.38. The van der Waals surface area contributed by atoms with Crippen molar-refractivity contribution >= 4 is 0 Å². The maximum atomic E-state index is 12.7. The van der Waals surface area contributed by atoms with Gasteiger partial charge in [-0.25, -0.2) is 4.39 Å². The lowest BCUT2D eigenvalue weighted by Crippen LogP contribution is -2.17. The highest BCUT2D eigenvalue weighted by Gasteiger charge is 2.05. The maximum absolute atomic E-state index is 12.7. The molecule has 2 aromatic rings. The van der Waals surface area contributed by atoms with Crippen LogP contribution in [0.4, 0.5) is 4.39 Å². The third-order valence-corrected chi connectivity index (χ3v) is 2.57. The number of nitrogens with one attached hydrogen (secondary N) is 1. The molecule has 1 atom stereocenters. The third-order valence-electron chi connectivity index (χ3n) is 2.57. The van der Waals surface area contributed by atoms with E-state index in [9.17, 15) is 4.39 Å².